The number of rotatable bonds is 7. The minimum Gasteiger partial charge on any atom is -0.381 e. The van der Waals surface area contributed by atoms with E-state index in [1.807, 2.05) is 0 Å². The van der Waals surface area contributed by atoms with Gasteiger partial charge >= 0.3 is 0 Å². The highest BCUT2D eigenvalue weighted by Crippen LogP contribution is 2.10. The summed E-state index contributed by atoms with van der Waals surface area (Å²) < 4.78 is 11.1. The van der Waals surface area contributed by atoms with Gasteiger partial charge < -0.3 is 20.1 Å². The van der Waals surface area contributed by atoms with Crippen molar-refractivity contribution in [3.8, 4) is 0 Å². The smallest absolute Gasteiger partial charge is 0.271 e. The van der Waals surface area contributed by atoms with Crippen LogP contribution in [0.25, 0.3) is 0 Å². The van der Waals surface area contributed by atoms with Crippen molar-refractivity contribution in [2.45, 2.75) is 25.4 Å². The molecule has 1 aliphatic rings. The third kappa shape index (κ3) is 5.28. The average Bonchev–Trinajstić information content (AvgIpc) is 2.55. The first-order chi connectivity index (χ1) is 10.3. The molecule has 1 aromatic rings. The topological polar surface area (TPSA) is 85.4 Å². The lowest BCUT2D eigenvalue weighted by molar-refractivity contribution is -0.0316. The summed E-state index contributed by atoms with van der Waals surface area (Å²) in [7, 11) is 1.56. The van der Waals surface area contributed by atoms with Crippen molar-refractivity contribution < 1.29 is 14.3 Å². The molecule has 0 saturated carbocycles. The zero-order valence-corrected chi connectivity index (χ0v) is 12.3. The highest BCUT2D eigenvalue weighted by atomic mass is 16.5. The molecule has 0 spiro atoms. The number of amides is 1. The van der Waals surface area contributed by atoms with Crippen molar-refractivity contribution in [1.29, 1.82) is 0 Å². The highest BCUT2D eigenvalue weighted by molar-refractivity contribution is 5.91. The third-order valence-electron chi connectivity index (χ3n) is 3.27. The number of nitrogens with one attached hydrogen (secondary N) is 2. The van der Waals surface area contributed by atoms with E-state index in [2.05, 4.69) is 20.8 Å². The Kier molecular flexibility index (Phi) is 6.36. The van der Waals surface area contributed by atoms with E-state index in [1.165, 1.54) is 0 Å². The maximum absolute atomic E-state index is 11.3. The summed E-state index contributed by atoms with van der Waals surface area (Å²) in [5.41, 5.74) is 0.311. The number of carbonyl (C=O) groups is 1. The lowest BCUT2D eigenvalue weighted by Crippen LogP contribution is -2.24. The van der Waals surface area contributed by atoms with Gasteiger partial charge in [-0.2, -0.15) is 0 Å². The molecule has 2 heterocycles. The van der Waals surface area contributed by atoms with Crippen LogP contribution in [0.2, 0.25) is 0 Å². The van der Waals surface area contributed by atoms with E-state index in [-0.39, 0.29) is 5.91 Å². The van der Waals surface area contributed by atoms with Crippen LogP contribution in [0, 0.1) is 0 Å². The van der Waals surface area contributed by atoms with Gasteiger partial charge in [-0.15, -0.1) is 10.2 Å². The second kappa shape index (κ2) is 8.53. The number of ether oxygens (including phenoxy) is 2. The van der Waals surface area contributed by atoms with Crippen molar-refractivity contribution in [2.24, 2.45) is 0 Å². The van der Waals surface area contributed by atoms with E-state index >= 15 is 0 Å². The quantitative estimate of drug-likeness (QED) is 0.725. The van der Waals surface area contributed by atoms with Crippen LogP contribution < -0.4 is 10.6 Å². The number of hydrogen-bond acceptors (Lipinski definition) is 6. The molecular weight excluding hydrogens is 272 g/mol. The van der Waals surface area contributed by atoms with Crippen LogP contribution in [0.5, 0.6) is 0 Å². The predicted octanol–water partition coefficient (Wildman–Crippen LogP) is 0.834. The lowest BCUT2D eigenvalue weighted by Gasteiger charge is -2.22. The Morgan fingerprint density at radius 3 is 2.86 bits per heavy atom. The summed E-state index contributed by atoms with van der Waals surface area (Å²) in [6.45, 7) is 3.09. The predicted molar refractivity (Wildman–Crippen MR) is 78.3 cm³/mol. The first-order valence-electron chi connectivity index (χ1n) is 7.28. The van der Waals surface area contributed by atoms with Gasteiger partial charge in [0.1, 0.15) is 5.82 Å². The molecule has 21 heavy (non-hydrogen) atoms. The number of hydrogen-bond donors (Lipinski definition) is 2. The van der Waals surface area contributed by atoms with E-state index < -0.39 is 0 Å². The maximum Gasteiger partial charge on any atom is 0.271 e. The molecule has 0 unspecified atom stereocenters. The Morgan fingerprint density at radius 2 is 2.19 bits per heavy atom. The van der Waals surface area contributed by atoms with Crippen molar-refractivity contribution in [3.05, 3.63) is 17.8 Å². The SMILES string of the molecule is CNC(=O)c1ccc(NCCCOC2CCOCC2)nn1. The summed E-state index contributed by atoms with van der Waals surface area (Å²) in [4.78, 5) is 11.3. The van der Waals surface area contributed by atoms with Crippen LogP contribution in [0.15, 0.2) is 12.1 Å². The van der Waals surface area contributed by atoms with Gasteiger partial charge in [0, 0.05) is 33.4 Å². The van der Waals surface area contributed by atoms with Crippen LogP contribution in [0.3, 0.4) is 0 Å². The third-order valence-corrected chi connectivity index (χ3v) is 3.27. The molecule has 2 N–H and O–H groups in total. The van der Waals surface area contributed by atoms with Gasteiger partial charge in [0.25, 0.3) is 5.91 Å². The monoisotopic (exact) mass is 294 g/mol. The van der Waals surface area contributed by atoms with Gasteiger partial charge in [0.2, 0.25) is 0 Å². The Balaban J connectivity index is 1.61. The van der Waals surface area contributed by atoms with Crippen molar-refractivity contribution in [1.82, 2.24) is 15.5 Å². The minimum absolute atomic E-state index is 0.237. The van der Waals surface area contributed by atoms with Gasteiger partial charge in [-0.25, -0.2) is 0 Å². The van der Waals surface area contributed by atoms with Crippen molar-refractivity contribution in [3.63, 3.8) is 0 Å². The van der Waals surface area contributed by atoms with Gasteiger partial charge in [0.05, 0.1) is 6.10 Å². The minimum atomic E-state index is -0.237. The molecule has 116 valence electrons. The van der Waals surface area contributed by atoms with E-state index in [9.17, 15) is 4.79 Å². The van der Waals surface area contributed by atoms with E-state index in [0.717, 1.165) is 45.6 Å². The molecule has 2 rings (SSSR count). The van der Waals surface area contributed by atoms with Crippen LogP contribution in [-0.4, -0.2) is 55.6 Å². The first-order valence-corrected chi connectivity index (χ1v) is 7.28. The molecule has 1 amide bonds. The molecule has 0 radical (unpaired) electrons. The Labute approximate surface area is 124 Å². The zero-order valence-electron chi connectivity index (χ0n) is 12.3. The second-order valence-corrected chi connectivity index (χ2v) is 4.85. The summed E-state index contributed by atoms with van der Waals surface area (Å²) >= 11 is 0. The van der Waals surface area contributed by atoms with Crippen LogP contribution >= 0.6 is 0 Å². The fraction of sp³-hybridized carbons (Fsp3) is 0.643. The largest absolute Gasteiger partial charge is 0.381 e. The molecule has 0 aliphatic carbocycles. The van der Waals surface area contributed by atoms with E-state index in [0.29, 0.717) is 17.6 Å². The molecule has 1 saturated heterocycles. The van der Waals surface area contributed by atoms with Gasteiger partial charge in [-0.3, -0.25) is 4.79 Å². The second-order valence-electron chi connectivity index (χ2n) is 4.85. The standard InChI is InChI=1S/C14H22N4O3/c1-15-14(19)12-3-4-13(18-17-12)16-7-2-8-21-11-5-9-20-10-6-11/h3-4,11H,2,5-10H2,1H3,(H,15,19)(H,16,18). The van der Waals surface area contributed by atoms with Gasteiger partial charge in [0.15, 0.2) is 5.69 Å². The van der Waals surface area contributed by atoms with E-state index in [1.54, 1.807) is 19.2 Å². The number of nitrogens with zero attached hydrogens (tertiary/aromatic N) is 2. The van der Waals surface area contributed by atoms with Gasteiger partial charge in [-0.05, 0) is 31.4 Å². The summed E-state index contributed by atoms with van der Waals surface area (Å²) in [6.07, 6.45) is 3.21. The normalized spacial score (nSPS) is 15.7. The number of carbonyl (C=O) groups excluding carboxylic acids is 1. The van der Waals surface area contributed by atoms with Crippen molar-refractivity contribution >= 4 is 11.7 Å². The average molecular weight is 294 g/mol. The summed E-state index contributed by atoms with van der Waals surface area (Å²) in [5, 5.41) is 13.5. The fourth-order valence-corrected chi connectivity index (χ4v) is 2.06. The molecule has 1 aliphatic heterocycles. The summed E-state index contributed by atoms with van der Waals surface area (Å²) in [6, 6.07) is 3.39. The lowest BCUT2D eigenvalue weighted by atomic mass is 10.1. The van der Waals surface area contributed by atoms with Crippen LogP contribution in [0.1, 0.15) is 29.8 Å². The van der Waals surface area contributed by atoms with E-state index in [4.69, 9.17) is 9.47 Å². The Bertz CT molecular complexity index is 432. The molecule has 1 aromatic heterocycles. The molecule has 0 atom stereocenters. The molecule has 1 fully saturated rings. The molecule has 7 heteroatoms. The molecular formula is C14H22N4O3. The first kappa shape index (κ1) is 15.7. The molecule has 0 bridgehead atoms. The highest BCUT2D eigenvalue weighted by Gasteiger charge is 2.13. The zero-order chi connectivity index (χ0) is 14.9. The Hall–Kier alpha value is -1.73. The number of anilines is 1. The van der Waals surface area contributed by atoms with Crippen LogP contribution in [0.4, 0.5) is 5.82 Å². The van der Waals surface area contributed by atoms with Crippen LogP contribution in [-0.2, 0) is 9.47 Å². The summed E-state index contributed by atoms with van der Waals surface area (Å²) in [5.74, 6) is 0.424. The fourth-order valence-electron chi connectivity index (χ4n) is 2.06. The molecule has 0 aromatic carbocycles. The number of aromatic nitrogens is 2. The molecule has 7 nitrogen and oxygen atoms in total. The van der Waals surface area contributed by atoms with Gasteiger partial charge in [-0.1, -0.05) is 0 Å². The maximum atomic E-state index is 11.3. The van der Waals surface area contributed by atoms with Crippen molar-refractivity contribution in [2.75, 3.05) is 38.7 Å². The Morgan fingerprint density at radius 1 is 1.38 bits per heavy atom.